The zero-order chi connectivity index (χ0) is 17.1. The number of nitrogens with one attached hydrogen (secondary N) is 1. The normalized spacial score (nSPS) is 11.9. The van der Waals surface area contributed by atoms with E-state index >= 15 is 0 Å². The van der Waals surface area contributed by atoms with Gasteiger partial charge in [0.2, 0.25) is 0 Å². The lowest BCUT2D eigenvalue weighted by Gasteiger charge is -2.19. The van der Waals surface area contributed by atoms with Crippen molar-refractivity contribution in [3.05, 3.63) is 82.3 Å². The molecule has 3 aromatic rings. The minimum absolute atomic E-state index is 0.0974. The van der Waals surface area contributed by atoms with E-state index in [0.29, 0.717) is 17.2 Å². The van der Waals surface area contributed by atoms with Gasteiger partial charge < -0.3 is 9.88 Å². The molecule has 8 heteroatoms. The highest BCUT2D eigenvalue weighted by Gasteiger charge is 2.19. The number of imidazole rings is 1. The highest BCUT2D eigenvalue weighted by Crippen LogP contribution is 2.25. The van der Waals surface area contributed by atoms with Crippen molar-refractivity contribution >= 4 is 11.5 Å². The van der Waals surface area contributed by atoms with Crippen LogP contribution in [0.2, 0.25) is 0 Å². The van der Waals surface area contributed by atoms with E-state index in [1.54, 1.807) is 24.5 Å². The smallest absolute Gasteiger partial charge is 0.287 e. The first-order valence-electron chi connectivity index (χ1n) is 7.14. The number of nitro groups is 1. The fourth-order valence-electron chi connectivity index (χ4n) is 2.37. The molecule has 2 aromatic heterocycles. The molecule has 1 N–H and O–H groups in total. The van der Waals surface area contributed by atoms with Crippen LogP contribution < -0.4 is 5.32 Å². The number of rotatable bonds is 5. The zero-order valence-electron chi connectivity index (χ0n) is 12.8. The number of hydrogen-bond acceptors (Lipinski definition) is 5. The minimum atomic E-state index is -0.514. The van der Waals surface area contributed by atoms with Gasteiger partial charge in [-0.15, -0.1) is 0 Å². The van der Waals surface area contributed by atoms with E-state index in [9.17, 15) is 14.5 Å². The maximum absolute atomic E-state index is 13.6. The maximum atomic E-state index is 13.6. The van der Waals surface area contributed by atoms with Gasteiger partial charge in [0.05, 0.1) is 4.92 Å². The van der Waals surface area contributed by atoms with Gasteiger partial charge in [-0.3, -0.25) is 10.1 Å². The molecular weight excluding hydrogens is 313 g/mol. The van der Waals surface area contributed by atoms with Gasteiger partial charge >= 0.3 is 0 Å². The van der Waals surface area contributed by atoms with Crippen molar-refractivity contribution in [2.45, 2.75) is 6.04 Å². The Hall–Kier alpha value is -3.29. The third-order valence-electron chi connectivity index (χ3n) is 3.55. The van der Waals surface area contributed by atoms with Crippen LogP contribution in [0.5, 0.6) is 0 Å². The standard InChI is InChI=1S/C16H14FN5O2/c1-21-8-7-18-16(21)15(11-3-2-4-12(17)9-11)20-14-6-5-13(10-19-14)22(23)24/h2-10,15H,1H3,(H,19,20). The molecule has 0 aliphatic heterocycles. The van der Waals surface area contributed by atoms with Crippen LogP contribution in [0, 0.1) is 15.9 Å². The molecule has 1 atom stereocenters. The van der Waals surface area contributed by atoms with Gasteiger partial charge in [0.1, 0.15) is 29.7 Å². The summed E-state index contributed by atoms with van der Waals surface area (Å²) in [5.74, 6) is 0.740. The Labute approximate surface area is 137 Å². The van der Waals surface area contributed by atoms with E-state index in [1.165, 1.54) is 30.5 Å². The second kappa shape index (κ2) is 6.45. The van der Waals surface area contributed by atoms with E-state index in [4.69, 9.17) is 0 Å². The fraction of sp³-hybridized carbons (Fsp3) is 0.125. The van der Waals surface area contributed by atoms with Crippen LogP contribution >= 0.6 is 0 Å². The first kappa shape index (κ1) is 15.6. The summed E-state index contributed by atoms with van der Waals surface area (Å²) in [5.41, 5.74) is 0.573. The molecule has 1 aromatic carbocycles. The number of pyridine rings is 1. The quantitative estimate of drug-likeness (QED) is 0.575. The van der Waals surface area contributed by atoms with Crippen LogP contribution in [0.1, 0.15) is 17.4 Å². The Kier molecular flexibility index (Phi) is 4.19. The van der Waals surface area contributed by atoms with Gasteiger partial charge in [-0.05, 0) is 23.8 Å². The molecule has 0 saturated heterocycles. The predicted octanol–water partition coefficient (Wildman–Crippen LogP) is 3.06. The Balaban J connectivity index is 1.96. The monoisotopic (exact) mass is 327 g/mol. The van der Waals surface area contributed by atoms with Gasteiger partial charge in [0.15, 0.2) is 0 Å². The molecule has 2 heterocycles. The number of anilines is 1. The highest BCUT2D eigenvalue weighted by atomic mass is 19.1. The van der Waals surface area contributed by atoms with Crippen molar-refractivity contribution in [1.29, 1.82) is 0 Å². The van der Waals surface area contributed by atoms with E-state index in [-0.39, 0.29) is 11.5 Å². The Bertz CT molecular complexity index is 863. The van der Waals surface area contributed by atoms with Crippen LogP contribution in [0.15, 0.2) is 55.0 Å². The van der Waals surface area contributed by atoms with E-state index in [1.807, 2.05) is 11.6 Å². The third kappa shape index (κ3) is 3.22. The summed E-state index contributed by atoms with van der Waals surface area (Å²) in [6, 6.07) is 8.59. The first-order valence-corrected chi connectivity index (χ1v) is 7.14. The molecule has 122 valence electrons. The minimum Gasteiger partial charge on any atom is -0.356 e. The van der Waals surface area contributed by atoms with E-state index in [2.05, 4.69) is 15.3 Å². The summed E-state index contributed by atoms with van der Waals surface area (Å²) in [7, 11) is 1.83. The Morgan fingerprint density at radius 2 is 2.12 bits per heavy atom. The second-order valence-corrected chi connectivity index (χ2v) is 5.19. The summed E-state index contributed by atoms with van der Waals surface area (Å²) in [4.78, 5) is 18.6. The van der Waals surface area contributed by atoms with Crippen LogP contribution in [-0.2, 0) is 7.05 Å². The van der Waals surface area contributed by atoms with Crippen molar-refractivity contribution in [2.24, 2.45) is 7.05 Å². The molecule has 0 fully saturated rings. The summed E-state index contributed by atoms with van der Waals surface area (Å²) in [6.45, 7) is 0. The molecule has 0 spiro atoms. The average molecular weight is 327 g/mol. The molecule has 24 heavy (non-hydrogen) atoms. The van der Waals surface area contributed by atoms with Gasteiger partial charge in [-0.2, -0.15) is 0 Å². The lowest BCUT2D eigenvalue weighted by Crippen LogP contribution is -2.17. The molecule has 3 rings (SSSR count). The number of aryl methyl sites for hydroxylation is 1. The lowest BCUT2D eigenvalue weighted by molar-refractivity contribution is -0.385. The molecule has 0 saturated carbocycles. The lowest BCUT2D eigenvalue weighted by atomic mass is 10.1. The second-order valence-electron chi connectivity index (χ2n) is 5.19. The molecule has 0 aliphatic carbocycles. The SMILES string of the molecule is Cn1ccnc1C(Nc1ccc([N+](=O)[O-])cn1)c1cccc(F)c1. The van der Waals surface area contributed by atoms with Gasteiger partial charge in [-0.1, -0.05) is 12.1 Å². The molecule has 0 aliphatic rings. The summed E-state index contributed by atoms with van der Waals surface area (Å²) >= 11 is 0. The van der Waals surface area contributed by atoms with Crippen LogP contribution in [0.3, 0.4) is 0 Å². The zero-order valence-corrected chi connectivity index (χ0v) is 12.8. The molecule has 0 amide bonds. The van der Waals surface area contributed by atoms with Gasteiger partial charge in [-0.25, -0.2) is 14.4 Å². The molecule has 1 unspecified atom stereocenters. The predicted molar refractivity (Wildman–Crippen MR) is 86.0 cm³/mol. The number of nitrogens with zero attached hydrogens (tertiary/aromatic N) is 4. The average Bonchev–Trinajstić information content (AvgIpc) is 2.99. The topological polar surface area (TPSA) is 85.9 Å². The van der Waals surface area contributed by atoms with Crippen LogP contribution in [0.4, 0.5) is 15.9 Å². The highest BCUT2D eigenvalue weighted by molar-refractivity contribution is 5.44. The van der Waals surface area contributed by atoms with Crippen molar-refractivity contribution in [1.82, 2.24) is 14.5 Å². The first-order chi connectivity index (χ1) is 11.5. The van der Waals surface area contributed by atoms with E-state index in [0.717, 1.165) is 0 Å². The van der Waals surface area contributed by atoms with E-state index < -0.39 is 11.0 Å². The number of halogens is 1. The molecular formula is C16H14FN5O2. The van der Waals surface area contributed by atoms with Crippen molar-refractivity contribution in [3.63, 3.8) is 0 Å². The van der Waals surface area contributed by atoms with Crippen molar-refractivity contribution in [2.75, 3.05) is 5.32 Å². The van der Waals surface area contributed by atoms with Gasteiger partial charge in [0.25, 0.3) is 5.69 Å². The van der Waals surface area contributed by atoms with Gasteiger partial charge in [0, 0.05) is 25.5 Å². The number of aromatic nitrogens is 3. The summed E-state index contributed by atoms with van der Waals surface area (Å²) in [6.07, 6.45) is 4.60. The number of hydrogen-bond donors (Lipinski definition) is 1. The summed E-state index contributed by atoms with van der Waals surface area (Å²) in [5, 5.41) is 13.9. The van der Waals surface area contributed by atoms with Crippen molar-refractivity contribution < 1.29 is 9.31 Å². The van der Waals surface area contributed by atoms with Crippen LogP contribution in [0.25, 0.3) is 0 Å². The number of benzene rings is 1. The Morgan fingerprint density at radius 3 is 2.71 bits per heavy atom. The van der Waals surface area contributed by atoms with Crippen molar-refractivity contribution in [3.8, 4) is 0 Å². The largest absolute Gasteiger partial charge is 0.356 e. The third-order valence-corrected chi connectivity index (χ3v) is 3.55. The Morgan fingerprint density at radius 1 is 1.29 bits per heavy atom. The molecule has 7 nitrogen and oxygen atoms in total. The maximum Gasteiger partial charge on any atom is 0.287 e. The fourth-order valence-corrected chi connectivity index (χ4v) is 2.37. The summed E-state index contributed by atoms with van der Waals surface area (Å²) < 4.78 is 15.4. The van der Waals surface area contributed by atoms with Crippen LogP contribution in [-0.4, -0.2) is 19.5 Å². The molecule has 0 bridgehead atoms. The molecule has 0 radical (unpaired) electrons.